The summed E-state index contributed by atoms with van der Waals surface area (Å²) in [5, 5.41) is 14.0. The summed E-state index contributed by atoms with van der Waals surface area (Å²) in [6, 6.07) is 6.81. The van der Waals surface area contributed by atoms with Crippen LogP contribution in [0.3, 0.4) is 0 Å². The van der Waals surface area contributed by atoms with Gasteiger partial charge in [0.05, 0.1) is 17.7 Å². The van der Waals surface area contributed by atoms with Crippen molar-refractivity contribution in [3.05, 3.63) is 59.1 Å². The van der Waals surface area contributed by atoms with Crippen molar-refractivity contribution < 1.29 is 19.4 Å². The fourth-order valence-electron chi connectivity index (χ4n) is 3.74. The Balaban J connectivity index is 1.49. The van der Waals surface area contributed by atoms with Crippen LogP contribution in [-0.2, 0) is 11.3 Å². The molecule has 0 unspecified atom stereocenters. The summed E-state index contributed by atoms with van der Waals surface area (Å²) in [6.07, 6.45) is 5.14. The zero-order valence-electron chi connectivity index (χ0n) is 15.4. The number of phenolic OH excluding ortho intramolecular Hbond substituents is 1. The third kappa shape index (κ3) is 3.03. The fourth-order valence-corrected chi connectivity index (χ4v) is 3.74. The van der Waals surface area contributed by atoms with E-state index in [1.54, 1.807) is 24.5 Å². The summed E-state index contributed by atoms with van der Waals surface area (Å²) < 4.78 is 5.91. The van der Waals surface area contributed by atoms with Crippen LogP contribution in [0.2, 0.25) is 0 Å². The Morgan fingerprint density at radius 1 is 1.28 bits per heavy atom. The molecule has 1 saturated heterocycles. The molecular formula is C21H18N4O4. The van der Waals surface area contributed by atoms with Gasteiger partial charge in [0.2, 0.25) is 11.7 Å². The number of pyridine rings is 1. The highest BCUT2D eigenvalue weighted by molar-refractivity contribution is 6.15. The quantitative estimate of drug-likeness (QED) is 0.589. The number of aromatic hydroxyl groups is 1. The fraction of sp³-hybridized carbons (Fsp3) is 0.190. The van der Waals surface area contributed by atoms with Crippen LogP contribution >= 0.6 is 0 Å². The average Bonchev–Trinajstić information content (AvgIpc) is 3.26. The first-order chi connectivity index (χ1) is 14.1. The van der Waals surface area contributed by atoms with Crippen LogP contribution < -0.4 is 10.1 Å². The first-order valence-electron chi connectivity index (χ1n) is 9.30. The largest absolute Gasteiger partial charge is 0.507 e. The van der Waals surface area contributed by atoms with Gasteiger partial charge in [0.15, 0.2) is 5.76 Å². The molecule has 29 heavy (non-hydrogen) atoms. The van der Waals surface area contributed by atoms with Crippen LogP contribution in [0.5, 0.6) is 11.5 Å². The Hall–Kier alpha value is -3.65. The van der Waals surface area contributed by atoms with Crippen molar-refractivity contribution in [2.45, 2.75) is 6.54 Å². The summed E-state index contributed by atoms with van der Waals surface area (Å²) in [5.74, 6) is 0.281. The van der Waals surface area contributed by atoms with E-state index in [1.165, 1.54) is 6.07 Å². The number of aromatic nitrogens is 2. The highest BCUT2D eigenvalue weighted by Gasteiger charge is 2.32. The predicted octanol–water partition coefficient (Wildman–Crippen LogP) is 1.82. The van der Waals surface area contributed by atoms with Crippen molar-refractivity contribution in [3.8, 4) is 11.5 Å². The van der Waals surface area contributed by atoms with Crippen LogP contribution in [-0.4, -0.2) is 51.3 Å². The molecule has 3 aromatic rings. The lowest BCUT2D eigenvalue weighted by Gasteiger charge is -2.27. The van der Waals surface area contributed by atoms with E-state index < -0.39 is 0 Å². The highest BCUT2D eigenvalue weighted by atomic mass is 16.5. The number of phenols is 1. The number of hydrogen-bond acceptors (Lipinski definition) is 6. The molecule has 3 N–H and O–H groups in total. The summed E-state index contributed by atoms with van der Waals surface area (Å²) in [5.41, 5.74) is 2.43. The maximum absolute atomic E-state index is 12.9. The van der Waals surface area contributed by atoms with Crippen molar-refractivity contribution in [2.75, 3.05) is 19.6 Å². The van der Waals surface area contributed by atoms with Crippen LogP contribution in [0, 0.1) is 0 Å². The van der Waals surface area contributed by atoms with Gasteiger partial charge in [0.1, 0.15) is 17.1 Å². The van der Waals surface area contributed by atoms with Crippen LogP contribution in [0.25, 0.3) is 17.1 Å². The molecule has 8 nitrogen and oxygen atoms in total. The van der Waals surface area contributed by atoms with Gasteiger partial charge < -0.3 is 20.1 Å². The number of nitrogens with zero attached hydrogens (tertiary/aromatic N) is 2. The number of carbonyl (C=O) groups excluding carboxylic acids is 2. The number of rotatable bonds is 3. The second-order valence-corrected chi connectivity index (χ2v) is 7.08. The molecule has 0 radical (unpaired) electrons. The highest BCUT2D eigenvalue weighted by Crippen LogP contribution is 2.40. The minimum absolute atomic E-state index is 0.0417. The third-order valence-corrected chi connectivity index (χ3v) is 5.19. The van der Waals surface area contributed by atoms with Gasteiger partial charge >= 0.3 is 0 Å². The number of carbonyl (C=O) groups is 2. The number of ketones is 1. The Kier molecular flexibility index (Phi) is 4.06. The standard InChI is InChI=1S/C21H18N4O4/c26-16-4-3-14-19(28)17(8-12-9-24-21-13(12)2-1-5-23-21)29-20(14)15(16)10-25-7-6-22-18(27)11-25/h1-5,8-9,26H,6-7,10-11H2,(H,22,27)(H,23,24)/b17-8-. The van der Waals surface area contributed by atoms with Gasteiger partial charge in [-0.25, -0.2) is 4.98 Å². The average molecular weight is 390 g/mol. The van der Waals surface area contributed by atoms with Crippen molar-refractivity contribution in [1.82, 2.24) is 20.2 Å². The van der Waals surface area contributed by atoms with Crippen LogP contribution in [0.4, 0.5) is 0 Å². The SMILES string of the molecule is O=C1CN(Cc2c(O)ccc3c2O/C(=C\c2c[nH]c4ncccc24)C3=O)CCN1. The number of fused-ring (bicyclic) bond motifs is 2. The molecule has 5 rings (SSSR count). The molecule has 0 spiro atoms. The number of benzene rings is 1. The Bertz CT molecular complexity index is 1180. The van der Waals surface area contributed by atoms with E-state index in [9.17, 15) is 14.7 Å². The first kappa shape index (κ1) is 17.4. The molecule has 0 aliphatic carbocycles. The lowest BCUT2D eigenvalue weighted by atomic mass is 10.0. The minimum Gasteiger partial charge on any atom is -0.507 e. The molecule has 1 aromatic carbocycles. The molecule has 0 bridgehead atoms. The van der Waals surface area contributed by atoms with Crippen LogP contribution in [0.15, 0.2) is 42.4 Å². The lowest BCUT2D eigenvalue weighted by Crippen LogP contribution is -2.47. The summed E-state index contributed by atoms with van der Waals surface area (Å²) >= 11 is 0. The normalized spacial score (nSPS) is 18.1. The molecule has 0 atom stereocenters. The lowest BCUT2D eigenvalue weighted by molar-refractivity contribution is -0.124. The van der Waals surface area contributed by atoms with Gasteiger partial charge in [-0.05, 0) is 30.3 Å². The maximum atomic E-state index is 12.9. The van der Waals surface area contributed by atoms with Crippen molar-refractivity contribution in [3.63, 3.8) is 0 Å². The monoisotopic (exact) mass is 390 g/mol. The van der Waals surface area contributed by atoms with Gasteiger partial charge in [0, 0.05) is 43.0 Å². The Morgan fingerprint density at radius 2 is 2.17 bits per heavy atom. The van der Waals surface area contributed by atoms with Crippen molar-refractivity contribution >= 4 is 28.8 Å². The summed E-state index contributed by atoms with van der Waals surface area (Å²) in [7, 11) is 0. The maximum Gasteiger partial charge on any atom is 0.234 e. The molecule has 2 aromatic heterocycles. The molecule has 146 valence electrons. The van der Waals surface area contributed by atoms with E-state index in [0.717, 1.165) is 16.6 Å². The van der Waals surface area contributed by atoms with Gasteiger partial charge in [-0.1, -0.05) is 0 Å². The Labute approximate surface area is 165 Å². The number of nitrogens with one attached hydrogen (secondary N) is 2. The number of hydrogen-bond donors (Lipinski definition) is 3. The summed E-state index contributed by atoms with van der Waals surface area (Å²) in [4.78, 5) is 33.8. The number of piperazine rings is 1. The topological polar surface area (TPSA) is 108 Å². The molecule has 4 heterocycles. The van der Waals surface area contributed by atoms with E-state index in [1.807, 2.05) is 17.0 Å². The van der Waals surface area contributed by atoms with E-state index in [2.05, 4.69) is 15.3 Å². The third-order valence-electron chi connectivity index (χ3n) is 5.19. The molecule has 2 aliphatic rings. The summed E-state index contributed by atoms with van der Waals surface area (Å²) in [6.45, 7) is 1.77. The zero-order valence-corrected chi connectivity index (χ0v) is 15.4. The number of aromatic amines is 1. The van der Waals surface area contributed by atoms with Gasteiger partial charge in [-0.3, -0.25) is 14.5 Å². The van der Waals surface area contributed by atoms with Crippen molar-refractivity contribution in [2.24, 2.45) is 0 Å². The number of ether oxygens (including phenoxy) is 1. The number of H-pyrrole nitrogens is 1. The molecule has 2 aliphatic heterocycles. The van der Waals surface area contributed by atoms with E-state index >= 15 is 0 Å². The predicted molar refractivity (Wildman–Crippen MR) is 105 cm³/mol. The first-order valence-corrected chi connectivity index (χ1v) is 9.30. The zero-order chi connectivity index (χ0) is 20.0. The molecule has 8 heteroatoms. The number of allylic oxidation sites excluding steroid dienone is 1. The number of Topliss-reactive ketones (excluding diaryl/α,β-unsaturated/α-hetero) is 1. The second-order valence-electron chi connectivity index (χ2n) is 7.08. The Morgan fingerprint density at radius 3 is 3.03 bits per heavy atom. The van der Waals surface area contributed by atoms with E-state index in [0.29, 0.717) is 36.5 Å². The smallest absolute Gasteiger partial charge is 0.234 e. The van der Waals surface area contributed by atoms with Gasteiger partial charge in [-0.2, -0.15) is 0 Å². The molecular weight excluding hydrogens is 372 g/mol. The number of amides is 1. The van der Waals surface area contributed by atoms with E-state index in [4.69, 9.17) is 4.74 Å². The van der Waals surface area contributed by atoms with Gasteiger partial charge in [0.25, 0.3) is 0 Å². The van der Waals surface area contributed by atoms with E-state index in [-0.39, 0.29) is 29.7 Å². The second kappa shape index (κ2) is 6.75. The molecule has 0 saturated carbocycles. The van der Waals surface area contributed by atoms with Gasteiger partial charge in [-0.15, -0.1) is 0 Å². The molecule has 1 amide bonds. The molecule has 1 fully saturated rings. The minimum atomic E-state index is -0.240. The van der Waals surface area contributed by atoms with Crippen LogP contribution in [0.1, 0.15) is 21.5 Å². The van der Waals surface area contributed by atoms with Crippen molar-refractivity contribution in [1.29, 1.82) is 0 Å².